The summed E-state index contributed by atoms with van der Waals surface area (Å²) in [4.78, 5) is 23.9. The third kappa shape index (κ3) is 2.71. The molecule has 2 heterocycles. The second kappa shape index (κ2) is 5.65. The van der Waals surface area contributed by atoms with Crippen LogP contribution >= 0.6 is 12.2 Å². The number of thiocarbonyl (C=S) groups is 1. The number of carbonyl (C=O) groups is 1. The number of benzene rings is 1. The van der Waals surface area contributed by atoms with Gasteiger partial charge in [0.15, 0.2) is 5.11 Å². The summed E-state index contributed by atoms with van der Waals surface area (Å²) < 4.78 is 1.76. The van der Waals surface area contributed by atoms with Crippen LogP contribution in [0, 0.1) is 10.1 Å². The Labute approximate surface area is 137 Å². The summed E-state index contributed by atoms with van der Waals surface area (Å²) in [6.07, 6.45) is 3.43. The summed E-state index contributed by atoms with van der Waals surface area (Å²) in [5.74, 6) is -0.221. The lowest BCUT2D eigenvalue weighted by Crippen LogP contribution is -2.25. The zero-order valence-corrected chi connectivity index (χ0v) is 12.9. The predicted octanol–water partition coefficient (Wildman–Crippen LogP) is 2.07. The zero-order valence-electron chi connectivity index (χ0n) is 12.1. The minimum Gasteiger partial charge on any atom is -0.328 e. The molecule has 0 unspecified atom stereocenters. The molecule has 8 heteroatoms. The molecule has 1 amide bonds. The first-order chi connectivity index (χ1) is 11.0. The van der Waals surface area contributed by atoms with Gasteiger partial charge in [0.05, 0.1) is 10.6 Å². The maximum absolute atomic E-state index is 12.0. The molecule has 1 aromatic carbocycles. The maximum Gasteiger partial charge on any atom is 0.276 e. The number of amides is 1. The quantitative estimate of drug-likeness (QED) is 0.404. The molecule has 3 rings (SSSR count). The Balaban J connectivity index is 2.01. The fourth-order valence-electron chi connectivity index (χ4n) is 2.27. The van der Waals surface area contributed by atoms with Crippen LogP contribution in [0.25, 0.3) is 11.8 Å². The summed E-state index contributed by atoms with van der Waals surface area (Å²) in [7, 11) is 1.60. The summed E-state index contributed by atoms with van der Waals surface area (Å²) in [6.45, 7) is 0. The first-order valence-electron chi connectivity index (χ1n) is 6.70. The van der Waals surface area contributed by atoms with Gasteiger partial charge in [0.1, 0.15) is 5.70 Å². The van der Waals surface area contributed by atoms with Gasteiger partial charge in [-0.05, 0) is 36.5 Å². The first kappa shape index (κ1) is 14.9. The topological polar surface area (TPSA) is 80.4 Å². The van der Waals surface area contributed by atoms with Gasteiger partial charge < -0.3 is 9.88 Å². The van der Waals surface area contributed by atoms with Gasteiger partial charge in [-0.2, -0.15) is 0 Å². The molecule has 1 fully saturated rings. The normalized spacial score (nSPS) is 16.0. The van der Waals surface area contributed by atoms with Crippen molar-refractivity contribution in [2.24, 2.45) is 0 Å². The Morgan fingerprint density at radius 2 is 2.09 bits per heavy atom. The third-order valence-electron chi connectivity index (χ3n) is 3.47. The van der Waals surface area contributed by atoms with Crippen molar-refractivity contribution in [3.8, 4) is 5.69 Å². The van der Waals surface area contributed by atoms with Crippen molar-refractivity contribution < 1.29 is 9.72 Å². The van der Waals surface area contributed by atoms with Gasteiger partial charge in [-0.3, -0.25) is 19.8 Å². The minimum absolute atomic E-state index is 0.00535. The molecule has 0 saturated carbocycles. The molecule has 1 N–H and O–H groups in total. The summed E-state index contributed by atoms with van der Waals surface area (Å²) >= 11 is 5.03. The predicted molar refractivity (Wildman–Crippen MR) is 88.9 cm³/mol. The third-order valence-corrected chi connectivity index (χ3v) is 3.85. The van der Waals surface area contributed by atoms with Crippen LogP contribution in [0.4, 0.5) is 5.69 Å². The van der Waals surface area contributed by atoms with Gasteiger partial charge in [0.2, 0.25) is 0 Å². The molecule has 23 heavy (non-hydrogen) atoms. The van der Waals surface area contributed by atoms with Gasteiger partial charge in [-0.25, -0.2) is 0 Å². The molecule has 0 radical (unpaired) electrons. The number of carbonyl (C=O) groups excluding carboxylic acids is 1. The Hall–Kier alpha value is -3.00. The molecule has 0 aliphatic carbocycles. The van der Waals surface area contributed by atoms with E-state index in [2.05, 4.69) is 5.32 Å². The Kier molecular flexibility index (Phi) is 3.67. The average Bonchev–Trinajstić information content (AvgIpc) is 3.09. The molecule has 1 saturated heterocycles. The second-order valence-corrected chi connectivity index (χ2v) is 5.32. The number of nitrogens with zero attached hydrogens (tertiary/aromatic N) is 3. The van der Waals surface area contributed by atoms with Gasteiger partial charge in [-0.1, -0.05) is 6.07 Å². The first-order valence-corrected chi connectivity index (χ1v) is 7.11. The average molecular weight is 328 g/mol. The number of aromatic nitrogens is 1. The SMILES string of the molecule is CN1C(=O)/C(=C\c2cccn2-c2cccc([N+](=O)[O-])c2)NC1=S. The smallest absolute Gasteiger partial charge is 0.276 e. The zero-order chi connectivity index (χ0) is 16.6. The van der Waals surface area contributed by atoms with Crippen LogP contribution in [0.5, 0.6) is 0 Å². The molecule has 1 aliphatic rings. The van der Waals surface area contributed by atoms with E-state index >= 15 is 0 Å². The van der Waals surface area contributed by atoms with Crippen molar-refractivity contribution in [1.82, 2.24) is 14.8 Å². The standard InChI is InChI=1S/C15H12N4O3S/c1-17-14(20)13(16-15(17)23)9-11-6-3-7-18(11)10-4-2-5-12(8-10)19(21)22/h2-9H,1H3,(H,16,23)/b13-9+. The van der Waals surface area contributed by atoms with Crippen molar-refractivity contribution in [1.29, 1.82) is 0 Å². The molecule has 0 spiro atoms. The molecule has 1 aliphatic heterocycles. The maximum atomic E-state index is 12.0. The Bertz CT molecular complexity index is 856. The lowest BCUT2D eigenvalue weighted by atomic mass is 10.2. The van der Waals surface area contributed by atoms with E-state index in [1.54, 1.807) is 42.1 Å². The van der Waals surface area contributed by atoms with Crippen molar-refractivity contribution in [2.75, 3.05) is 7.05 Å². The number of non-ortho nitro benzene ring substituents is 1. The fourth-order valence-corrected chi connectivity index (χ4v) is 2.47. The van der Waals surface area contributed by atoms with E-state index in [1.165, 1.54) is 17.0 Å². The lowest BCUT2D eigenvalue weighted by molar-refractivity contribution is -0.384. The van der Waals surface area contributed by atoms with E-state index in [-0.39, 0.29) is 11.6 Å². The minimum atomic E-state index is -0.444. The van der Waals surface area contributed by atoms with Gasteiger partial charge in [0, 0.05) is 31.1 Å². The summed E-state index contributed by atoms with van der Waals surface area (Å²) in [5, 5.41) is 14.1. The van der Waals surface area contributed by atoms with Crippen molar-refractivity contribution in [3.05, 3.63) is 64.1 Å². The van der Waals surface area contributed by atoms with Crippen LogP contribution in [0.2, 0.25) is 0 Å². The molecule has 7 nitrogen and oxygen atoms in total. The Morgan fingerprint density at radius 1 is 1.30 bits per heavy atom. The van der Waals surface area contributed by atoms with Crippen LogP contribution in [0.1, 0.15) is 5.69 Å². The Morgan fingerprint density at radius 3 is 2.74 bits per heavy atom. The monoisotopic (exact) mass is 328 g/mol. The van der Waals surface area contributed by atoms with Crippen molar-refractivity contribution >= 4 is 35.0 Å². The highest BCUT2D eigenvalue weighted by Crippen LogP contribution is 2.21. The second-order valence-electron chi connectivity index (χ2n) is 4.93. The van der Waals surface area contributed by atoms with E-state index < -0.39 is 4.92 Å². The number of hydrogen-bond donors (Lipinski definition) is 1. The van der Waals surface area contributed by atoms with E-state index in [0.29, 0.717) is 22.2 Å². The van der Waals surface area contributed by atoms with Crippen LogP contribution in [0.3, 0.4) is 0 Å². The molecule has 2 aromatic rings. The van der Waals surface area contributed by atoms with E-state index in [0.717, 1.165) is 0 Å². The molecule has 0 atom stereocenters. The summed E-state index contributed by atoms with van der Waals surface area (Å²) in [6, 6.07) is 9.89. The van der Waals surface area contributed by atoms with E-state index in [1.807, 2.05) is 6.07 Å². The van der Waals surface area contributed by atoms with Gasteiger partial charge in [0.25, 0.3) is 11.6 Å². The highest BCUT2D eigenvalue weighted by Gasteiger charge is 2.27. The lowest BCUT2D eigenvalue weighted by Gasteiger charge is -2.07. The van der Waals surface area contributed by atoms with Crippen LogP contribution in [0.15, 0.2) is 48.3 Å². The molecular weight excluding hydrogens is 316 g/mol. The van der Waals surface area contributed by atoms with Crippen LogP contribution in [-0.2, 0) is 4.79 Å². The van der Waals surface area contributed by atoms with E-state index in [4.69, 9.17) is 12.2 Å². The van der Waals surface area contributed by atoms with E-state index in [9.17, 15) is 14.9 Å². The van der Waals surface area contributed by atoms with Crippen LogP contribution < -0.4 is 5.32 Å². The molecule has 0 bridgehead atoms. The number of hydrogen-bond acceptors (Lipinski definition) is 4. The highest BCUT2D eigenvalue weighted by atomic mass is 32.1. The van der Waals surface area contributed by atoms with Crippen molar-refractivity contribution in [2.45, 2.75) is 0 Å². The fraction of sp³-hybridized carbons (Fsp3) is 0.0667. The van der Waals surface area contributed by atoms with Gasteiger partial charge >= 0.3 is 0 Å². The molecule has 1 aromatic heterocycles. The van der Waals surface area contributed by atoms with Crippen molar-refractivity contribution in [3.63, 3.8) is 0 Å². The number of nitro benzene ring substituents is 1. The number of nitro groups is 1. The van der Waals surface area contributed by atoms with Crippen LogP contribution in [-0.4, -0.2) is 32.5 Å². The summed E-state index contributed by atoms with van der Waals surface area (Å²) in [5.41, 5.74) is 1.71. The number of likely N-dealkylation sites (N-methyl/N-ethyl adjacent to an activating group) is 1. The molecule has 116 valence electrons. The highest BCUT2D eigenvalue weighted by molar-refractivity contribution is 7.80. The number of rotatable bonds is 3. The largest absolute Gasteiger partial charge is 0.328 e. The molecular formula is C15H12N4O3S. The van der Waals surface area contributed by atoms with Gasteiger partial charge in [-0.15, -0.1) is 0 Å². The number of nitrogens with one attached hydrogen (secondary N) is 1.